The average Bonchev–Trinajstić information content (AvgIpc) is 2.79. The van der Waals surface area contributed by atoms with E-state index in [2.05, 4.69) is 5.32 Å². The van der Waals surface area contributed by atoms with Crippen molar-refractivity contribution in [3.63, 3.8) is 0 Å². The molecule has 1 rings (SSSR count). The zero-order chi connectivity index (χ0) is 25.5. The highest BCUT2D eigenvalue weighted by Crippen LogP contribution is 2.28. The summed E-state index contributed by atoms with van der Waals surface area (Å²) in [6.07, 6.45) is -5.49. The molecule has 0 aliphatic carbocycles. The Morgan fingerprint density at radius 1 is 1.06 bits per heavy atom. The minimum Gasteiger partial charge on any atom is -0.478 e. The summed E-state index contributed by atoms with van der Waals surface area (Å²) in [6, 6.07) is 4.20. The second kappa shape index (κ2) is 16.3. The minimum atomic E-state index is -1.87. The molecule has 0 spiro atoms. The van der Waals surface area contributed by atoms with E-state index in [4.69, 9.17) is 19.3 Å². The molecule has 0 heterocycles. The Morgan fingerprint density at radius 2 is 1.74 bits per heavy atom. The van der Waals surface area contributed by atoms with E-state index in [1.807, 2.05) is 19.0 Å². The Kier molecular flexibility index (Phi) is 14.3. The van der Waals surface area contributed by atoms with Crippen molar-refractivity contribution in [1.82, 2.24) is 4.90 Å². The van der Waals surface area contributed by atoms with Gasteiger partial charge in [0, 0.05) is 13.2 Å². The van der Waals surface area contributed by atoms with E-state index in [0.717, 1.165) is 6.54 Å². The maximum absolute atomic E-state index is 12.3. The average molecular weight is 489 g/mol. The van der Waals surface area contributed by atoms with Crippen molar-refractivity contribution in [1.29, 1.82) is 0 Å². The number of aliphatic hydroxyl groups is 4. The van der Waals surface area contributed by atoms with Gasteiger partial charge in [-0.1, -0.05) is 6.07 Å². The lowest BCUT2D eigenvalue weighted by molar-refractivity contribution is -0.155. The second-order valence-electron chi connectivity index (χ2n) is 7.76. The quantitative estimate of drug-likeness (QED) is 0.140. The summed E-state index contributed by atoms with van der Waals surface area (Å²) in [6.45, 7) is 1.42. The zero-order valence-electron chi connectivity index (χ0n) is 19.6. The van der Waals surface area contributed by atoms with Crippen molar-refractivity contribution in [2.75, 3.05) is 59.0 Å². The lowest BCUT2D eigenvalue weighted by atomic mass is 10.1. The molecule has 0 aliphatic rings. The molecule has 0 aliphatic heterocycles. The van der Waals surface area contributed by atoms with E-state index >= 15 is 0 Å². The number of carbonyl (C=O) groups is 2. The molecule has 12 nitrogen and oxygen atoms in total. The number of hydrogen-bond donors (Lipinski definition) is 6. The zero-order valence-corrected chi connectivity index (χ0v) is 19.6. The molecule has 0 saturated heterocycles. The monoisotopic (exact) mass is 488 g/mol. The topological polar surface area (TPSA) is 178 Å². The number of amides is 1. The third-order valence-corrected chi connectivity index (χ3v) is 4.66. The largest absolute Gasteiger partial charge is 0.478 e. The highest BCUT2D eigenvalue weighted by atomic mass is 16.5. The minimum absolute atomic E-state index is 0.000683. The predicted molar refractivity (Wildman–Crippen MR) is 122 cm³/mol. The van der Waals surface area contributed by atoms with Crippen LogP contribution in [0.3, 0.4) is 0 Å². The van der Waals surface area contributed by atoms with Gasteiger partial charge in [0.05, 0.1) is 51.2 Å². The molecule has 1 aromatic carbocycles. The van der Waals surface area contributed by atoms with Gasteiger partial charge in [-0.25, -0.2) is 4.79 Å². The normalized spacial score (nSPS) is 14.0. The summed E-state index contributed by atoms with van der Waals surface area (Å²) < 4.78 is 16.2. The van der Waals surface area contributed by atoms with Crippen LogP contribution in [0, 0.1) is 0 Å². The van der Waals surface area contributed by atoms with Gasteiger partial charge >= 0.3 is 5.97 Å². The number of rotatable bonds is 18. The maximum atomic E-state index is 12.3. The van der Waals surface area contributed by atoms with Crippen molar-refractivity contribution < 1.29 is 49.3 Å². The number of nitrogens with zero attached hydrogens (tertiary/aromatic N) is 1. The van der Waals surface area contributed by atoms with Gasteiger partial charge in [-0.15, -0.1) is 0 Å². The van der Waals surface area contributed by atoms with Crippen molar-refractivity contribution >= 4 is 17.6 Å². The summed E-state index contributed by atoms with van der Waals surface area (Å²) in [5.74, 6) is -2.07. The summed E-state index contributed by atoms with van der Waals surface area (Å²) in [4.78, 5) is 25.9. The summed E-state index contributed by atoms with van der Waals surface area (Å²) >= 11 is 0. The number of carboxylic acids is 1. The molecule has 0 bridgehead atoms. The van der Waals surface area contributed by atoms with Crippen molar-refractivity contribution in [3.05, 3.63) is 23.8 Å². The molecule has 1 amide bonds. The number of benzene rings is 1. The van der Waals surface area contributed by atoms with Gasteiger partial charge in [-0.2, -0.15) is 0 Å². The van der Waals surface area contributed by atoms with Gasteiger partial charge in [-0.05, 0) is 38.2 Å². The van der Waals surface area contributed by atoms with Crippen LogP contribution in [-0.4, -0.2) is 114 Å². The first-order valence-corrected chi connectivity index (χ1v) is 10.9. The fourth-order valence-electron chi connectivity index (χ4n) is 2.73. The van der Waals surface area contributed by atoms with Crippen molar-refractivity contribution in [2.45, 2.75) is 37.8 Å². The molecule has 0 fully saturated rings. The first-order chi connectivity index (χ1) is 16.2. The fourth-order valence-corrected chi connectivity index (χ4v) is 2.73. The van der Waals surface area contributed by atoms with Crippen molar-refractivity contribution in [2.24, 2.45) is 0 Å². The lowest BCUT2D eigenvalue weighted by Gasteiger charge is -2.25. The molecule has 34 heavy (non-hydrogen) atoms. The fraction of sp³-hybridized carbons (Fsp3) is 0.636. The van der Waals surface area contributed by atoms with Crippen LogP contribution in [0.25, 0.3) is 0 Å². The molecular weight excluding hydrogens is 452 g/mol. The molecule has 1 aromatic rings. The van der Waals surface area contributed by atoms with Crippen molar-refractivity contribution in [3.8, 4) is 5.75 Å². The molecule has 0 saturated carbocycles. The van der Waals surface area contributed by atoms with Crippen LogP contribution in [0.15, 0.2) is 18.2 Å². The molecule has 3 atom stereocenters. The number of carboxylic acid groups (broad SMARTS) is 1. The third kappa shape index (κ3) is 11.2. The number of carbonyl (C=O) groups excluding carboxylic acids is 1. The van der Waals surface area contributed by atoms with E-state index < -0.39 is 36.8 Å². The highest BCUT2D eigenvalue weighted by Gasteiger charge is 2.34. The number of ether oxygens (including phenoxy) is 3. The van der Waals surface area contributed by atoms with E-state index in [0.29, 0.717) is 25.4 Å². The van der Waals surface area contributed by atoms with Gasteiger partial charge < -0.3 is 50.0 Å². The van der Waals surface area contributed by atoms with Crippen LogP contribution in [0.2, 0.25) is 0 Å². The Balaban J connectivity index is 2.70. The predicted octanol–water partition coefficient (Wildman–Crippen LogP) is -0.961. The highest BCUT2D eigenvalue weighted by molar-refractivity contribution is 5.92. The van der Waals surface area contributed by atoms with Crippen LogP contribution < -0.4 is 10.1 Å². The number of aliphatic carboxylic acids is 1. The van der Waals surface area contributed by atoms with E-state index in [-0.39, 0.29) is 37.5 Å². The third-order valence-electron chi connectivity index (χ3n) is 4.66. The molecule has 194 valence electrons. The molecule has 0 aromatic heterocycles. The molecule has 6 N–H and O–H groups in total. The lowest BCUT2D eigenvalue weighted by Crippen LogP contribution is -2.46. The summed E-state index contributed by atoms with van der Waals surface area (Å²) in [5, 5.41) is 50.3. The van der Waals surface area contributed by atoms with E-state index in [9.17, 15) is 30.0 Å². The van der Waals surface area contributed by atoms with Gasteiger partial charge in [0.15, 0.2) is 0 Å². The summed E-state index contributed by atoms with van der Waals surface area (Å²) in [7, 11) is 3.88. The number of nitrogens with one attached hydrogen (secondary N) is 1. The number of anilines is 1. The number of aliphatic hydroxyl groups excluding tert-OH is 4. The van der Waals surface area contributed by atoms with Crippen LogP contribution >= 0.6 is 0 Å². The Bertz CT molecular complexity index is 746. The van der Waals surface area contributed by atoms with Gasteiger partial charge in [0.25, 0.3) is 0 Å². The first kappa shape index (κ1) is 29.7. The first-order valence-electron chi connectivity index (χ1n) is 10.9. The van der Waals surface area contributed by atoms with Gasteiger partial charge in [0.1, 0.15) is 11.9 Å². The Labute approximate surface area is 198 Å². The van der Waals surface area contributed by atoms with Crippen LogP contribution in [0.4, 0.5) is 5.69 Å². The van der Waals surface area contributed by atoms with Gasteiger partial charge in [-0.3, -0.25) is 4.79 Å². The van der Waals surface area contributed by atoms with E-state index in [1.54, 1.807) is 0 Å². The number of hydrogen-bond acceptors (Lipinski definition) is 10. The smallest absolute Gasteiger partial charge is 0.347 e. The SMILES string of the molecule is CN(C)CCOCCOCCC(=O)Nc1cc(CO)ccc1OC(C(=O)O)[C@H](O)C(O)CCO. The maximum Gasteiger partial charge on any atom is 0.347 e. The molecule has 12 heteroatoms. The summed E-state index contributed by atoms with van der Waals surface area (Å²) in [5.41, 5.74) is 0.514. The second-order valence-corrected chi connectivity index (χ2v) is 7.76. The van der Waals surface area contributed by atoms with Gasteiger partial charge in [0.2, 0.25) is 12.0 Å². The Hall–Kier alpha value is -2.32. The van der Waals surface area contributed by atoms with Crippen LogP contribution in [0.5, 0.6) is 5.75 Å². The Morgan fingerprint density at radius 3 is 2.32 bits per heavy atom. The number of likely N-dealkylation sites (N-methyl/N-ethyl adjacent to an activating group) is 1. The molecule has 2 unspecified atom stereocenters. The standard InChI is InChI=1S/C22H36N2O10/c1-24(2)7-10-33-12-11-32-9-6-19(28)23-16-13-15(14-26)3-4-18(16)34-21(22(30)31)20(29)17(27)5-8-25/h3-4,13,17,20-21,25-27,29H,5-12,14H2,1-2H3,(H,23,28)(H,30,31)/t17?,20-,21?/m1/s1. The molecule has 0 radical (unpaired) electrons. The molecular formula is C22H36N2O10. The van der Waals surface area contributed by atoms with Crippen LogP contribution in [0.1, 0.15) is 18.4 Å². The van der Waals surface area contributed by atoms with E-state index in [1.165, 1.54) is 18.2 Å². The van der Waals surface area contributed by atoms with Crippen LogP contribution in [-0.2, 0) is 25.7 Å².